The number of nitrogens with zero attached hydrogens (tertiary/aromatic N) is 1. The van der Waals surface area contributed by atoms with Crippen LogP contribution in [0.15, 0.2) is 18.5 Å². The Morgan fingerprint density at radius 2 is 2.17 bits per heavy atom. The van der Waals surface area contributed by atoms with Gasteiger partial charge in [-0.15, -0.1) is 0 Å². The van der Waals surface area contributed by atoms with E-state index < -0.39 is 12.1 Å². The maximum absolute atomic E-state index is 9.13. The molecule has 1 aromatic heterocycles. The quantitative estimate of drug-likeness (QED) is 0.588. The molecule has 4 nitrogen and oxygen atoms in total. The third kappa shape index (κ3) is 1.93. The van der Waals surface area contributed by atoms with Crippen LogP contribution in [0.2, 0.25) is 0 Å². The average Bonchev–Trinajstić information content (AvgIpc) is 2.03. The molecule has 4 heteroatoms. The van der Waals surface area contributed by atoms with E-state index in [1.54, 1.807) is 6.92 Å². The highest BCUT2D eigenvalue weighted by atomic mass is 16.3. The molecule has 0 saturated carbocycles. The number of rotatable bonds is 2. The molecule has 0 radical (unpaired) electrons. The van der Waals surface area contributed by atoms with Gasteiger partial charge in [0.1, 0.15) is 5.75 Å². The minimum atomic E-state index is -0.645. The van der Waals surface area contributed by atoms with Crippen molar-refractivity contribution < 1.29 is 10.2 Å². The zero-order chi connectivity index (χ0) is 9.14. The molecule has 0 aromatic carbocycles. The summed E-state index contributed by atoms with van der Waals surface area (Å²) in [7, 11) is 0. The van der Waals surface area contributed by atoms with E-state index in [9.17, 15) is 0 Å². The minimum absolute atomic E-state index is 0.0589. The molecule has 1 rings (SSSR count). The molecule has 0 saturated heterocycles. The van der Waals surface area contributed by atoms with Gasteiger partial charge < -0.3 is 15.9 Å². The van der Waals surface area contributed by atoms with Crippen LogP contribution in [0.4, 0.5) is 0 Å². The monoisotopic (exact) mass is 168 g/mol. The van der Waals surface area contributed by atoms with Gasteiger partial charge in [-0.25, -0.2) is 0 Å². The van der Waals surface area contributed by atoms with Crippen molar-refractivity contribution in [3.8, 4) is 5.75 Å². The molecule has 0 amide bonds. The summed E-state index contributed by atoms with van der Waals surface area (Å²) < 4.78 is 0. The zero-order valence-corrected chi connectivity index (χ0v) is 6.81. The van der Waals surface area contributed by atoms with Crippen LogP contribution in [-0.4, -0.2) is 21.3 Å². The highest BCUT2D eigenvalue weighted by molar-refractivity contribution is 5.24. The second-order valence-corrected chi connectivity index (χ2v) is 2.74. The fourth-order valence-corrected chi connectivity index (χ4v) is 0.906. The minimum Gasteiger partial charge on any atom is -0.506 e. The van der Waals surface area contributed by atoms with Gasteiger partial charge in [-0.1, -0.05) is 0 Å². The lowest BCUT2D eigenvalue weighted by molar-refractivity contribution is 0.164. The zero-order valence-electron chi connectivity index (χ0n) is 6.81. The number of hydrogen-bond acceptors (Lipinski definition) is 4. The van der Waals surface area contributed by atoms with Gasteiger partial charge in [0, 0.05) is 6.20 Å². The number of aliphatic hydroxyl groups is 1. The third-order valence-corrected chi connectivity index (χ3v) is 1.65. The van der Waals surface area contributed by atoms with Gasteiger partial charge in [0.25, 0.3) is 0 Å². The van der Waals surface area contributed by atoms with Crippen LogP contribution in [0.25, 0.3) is 0 Å². The number of nitrogens with two attached hydrogens (primary N) is 1. The molecule has 2 atom stereocenters. The Morgan fingerprint density at radius 1 is 1.50 bits per heavy atom. The van der Waals surface area contributed by atoms with Crippen LogP contribution in [0, 0.1) is 0 Å². The van der Waals surface area contributed by atoms with Crippen molar-refractivity contribution in [2.24, 2.45) is 5.73 Å². The molecule has 66 valence electrons. The summed E-state index contributed by atoms with van der Waals surface area (Å²) in [6.07, 6.45) is 2.20. The Balaban J connectivity index is 2.88. The van der Waals surface area contributed by atoms with Crippen LogP contribution in [-0.2, 0) is 0 Å². The predicted molar refractivity (Wildman–Crippen MR) is 44.5 cm³/mol. The van der Waals surface area contributed by atoms with Crippen molar-refractivity contribution in [1.29, 1.82) is 0 Å². The molecule has 1 heterocycles. The molecular weight excluding hydrogens is 156 g/mol. The molecule has 0 aliphatic rings. The molecule has 0 bridgehead atoms. The van der Waals surface area contributed by atoms with Crippen LogP contribution in [0.5, 0.6) is 5.75 Å². The fourth-order valence-electron chi connectivity index (χ4n) is 0.906. The highest BCUT2D eigenvalue weighted by Gasteiger charge is 2.12. The first-order chi connectivity index (χ1) is 5.61. The van der Waals surface area contributed by atoms with E-state index in [0.717, 1.165) is 0 Å². The lowest BCUT2D eigenvalue weighted by atomic mass is 10.1. The third-order valence-electron chi connectivity index (χ3n) is 1.65. The van der Waals surface area contributed by atoms with Crippen molar-refractivity contribution in [2.75, 3.05) is 0 Å². The Labute approximate surface area is 70.7 Å². The average molecular weight is 168 g/mol. The van der Waals surface area contributed by atoms with Crippen molar-refractivity contribution in [3.63, 3.8) is 0 Å². The summed E-state index contributed by atoms with van der Waals surface area (Å²) in [4.78, 5) is 3.75. The van der Waals surface area contributed by atoms with E-state index in [-0.39, 0.29) is 5.75 Å². The van der Waals surface area contributed by atoms with Crippen molar-refractivity contribution in [2.45, 2.75) is 19.1 Å². The molecule has 1 aromatic rings. The van der Waals surface area contributed by atoms with Crippen LogP contribution in [0.3, 0.4) is 0 Å². The van der Waals surface area contributed by atoms with E-state index >= 15 is 0 Å². The summed E-state index contributed by atoms with van der Waals surface area (Å²) in [5, 5.41) is 18.2. The summed E-state index contributed by atoms with van der Waals surface area (Å²) >= 11 is 0. The van der Waals surface area contributed by atoms with Gasteiger partial charge in [-0.3, -0.25) is 4.98 Å². The Bertz CT molecular complexity index is 263. The first-order valence-corrected chi connectivity index (χ1v) is 3.69. The van der Waals surface area contributed by atoms with E-state index in [1.807, 2.05) is 0 Å². The second kappa shape index (κ2) is 3.51. The molecule has 12 heavy (non-hydrogen) atoms. The van der Waals surface area contributed by atoms with E-state index in [1.165, 1.54) is 18.5 Å². The van der Waals surface area contributed by atoms with Crippen molar-refractivity contribution in [1.82, 2.24) is 4.98 Å². The Hall–Kier alpha value is -1.13. The number of hydrogen-bond donors (Lipinski definition) is 3. The van der Waals surface area contributed by atoms with Gasteiger partial charge in [0.15, 0.2) is 0 Å². The number of aromatic nitrogens is 1. The number of aromatic hydroxyl groups is 1. The first-order valence-electron chi connectivity index (χ1n) is 3.69. The van der Waals surface area contributed by atoms with E-state index in [4.69, 9.17) is 15.9 Å². The van der Waals surface area contributed by atoms with Gasteiger partial charge in [0.05, 0.1) is 18.3 Å². The normalized spacial score (nSPS) is 15.6. The standard InChI is InChI=1S/C8H12N2O2/c1-5(11)8(9)6-2-7(12)4-10-3-6/h2-5,8,11-12H,9H2,1H3/t5-,8+/m0/s1. The predicted octanol–water partition coefficient (Wildman–Crippen LogP) is 0.168. The van der Waals surface area contributed by atoms with Crippen LogP contribution >= 0.6 is 0 Å². The van der Waals surface area contributed by atoms with Gasteiger partial charge >= 0.3 is 0 Å². The van der Waals surface area contributed by atoms with E-state index in [2.05, 4.69) is 4.98 Å². The smallest absolute Gasteiger partial charge is 0.134 e. The van der Waals surface area contributed by atoms with Gasteiger partial charge in [0.2, 0.25) is 0 Å². The summed E-state index contributed by atoms with van der Waals surface area (Å²) in [5.41, 5.74) is 6.24. The highest BCUT2D eigenvalue weighted by Crippen LogP contribution is 2.16. The maximum Gasteiger partial charge on any atom is 0.134 e. The molecule has 0 unspecified atom stereocenters. The summed E-state index contributed by atoms with van der Waals surface area (Å²) in [6, 6.07) is 0.995. The lowest BCUT2D eigenvalue weighted by Crippen LogP contribution is -2.23. The molecule has 0 aliphatic carbocycles. The molecule has 4 N–H and O–H groups in total. The second-order valence-electron chi connectivity index (χ2n) is 2.74. The summed E-state index contributed by atoms with van der Waals surface area (Å²) in [6.45, 7) is 1.59. The SMILES string of the molecule is C[C@H](O)[C@@H](N)c1cncc(O)c1. The topological polar surface area (TPSA) is 79.4 Å². The number of aliphatic hydroxyl groups excluding tert-OH is 1. The van der Waals surface area contributed by atoms with Crippen LogP contribution < -0.4 is 5.73 Å². The lowest BCUT2D eigenvalue weighted by Gasteiger charge is -2.14. The fraction of sp³-hybridized carbons (Fsp3) is 0.375. The van der Waals surface area contributed by atoms with Crippen molar-refractivity contribution in [3.05, 3.63) is 24.0 Å². The summed E-state index contributed by atoms with van der Waals surface area (Å²) in [5.74, 6) is 0.0589. The van der Waals surface area contributed by atoms with Crippen molar-refractivity contribution >= 4 is 0 Å². The Morgan fingerprint density at radius 3 is 2.67 bits per heavy atom. The van der Waals surface area contributed by atoms with E-state index in [0.29, 0.717) is 5.56 Å². The molecular formula is C8H12N2O2. The first kappa shape index (κ1) is 8.96. The van der Waals surface area contributed by atoms with Gasteiger partial charge in [-0.2, -0.15) is 0 Å². The largest absolute Gasteiger partial charge is 0.506 e. The molecule has 0 spiro atoms. The number of pyridine rings is 1. The molecule has 0 fully saturated rings. The van der Waals surface area contributed by atoms with Crippen LogP contribution in [0.1, 0.15) is 18.5 Å². The van der Waals surface area contributed by atoms with Gasteiger partial charge in [-0.05, 0) is 18.6 Å². The molecule has 0 aliphatic heterocycles. The maximum atomic E-state index is 9.13. The Kier molecular flexibility index (Phi) is 2.62.